The minimum Gasteiger partial charge on any atom is -0.497 e. The van der Waals surface area contributed by atoms with Gasteiger partial charge in [0, 0.05) is 12.1 Å². The van der Waals surface area contributed by atoms with E-state index in [4.69, 9.17) is 4.74 Å². The number of amides is 1. The molecule has 6 nitrogen and oxygen atoms in total. The van der Waals surface area contributed by atoms with E-state index in [1.807, 2.05) is 60.1 Å². The number of fused-ring (bicyclic) bond motifs is 1. The summed E-state index contributed by atoms with van der Waals surface area (Å²) in [5.74, 6) is 0.676. The van der Waals surface area contributed by atoms with E-state index < -0.39 is 0 Å². The number of nitrogens with zero attached hydrogens (tertiary/aromatic N) is 3. The van der Waals surface area contributed by atoms with Crippen LogP contribution in [0.3, 0.4) is 0 Å². The Balaban J connectivity index is 1.49. The summed E-state index contributed by atoms with van der Waals surface area (Å²) in [6, 6.07) is 21.4. The lowest BCUT2D eigenvalue weighted by molar-refractivity contribution is 0.0951. The third kappa shape index (κ3) is 4.27. The van der Waals surface area contributed by atoms with Crippen molar-refractivity contribution in [3.8, 4) is 5.75 Å². The molecule has 0 radical (unpaired) electrons. The molecule has 0 saturated carbocycles. The summed E-state index contributed by atoms with van der Waals surface area (Å²) in [7, 11) is 1.65. The van der Waals surface area contributed by atoms with Crippen LogP contribution in [0.5, 0.6) is 5.75 Å². The molecule has 0 bridgehead atoms. The predicted octanol–water partition coefficient (Wildman–Crippen LogP) is 3.73. The van der Waals surface area contributed by atoms with Crippen molar-refractivity contribution in [1.29, 1.82) is 0 Å². The maximum absolute atomic E-state index is 12.5. The number of hydrogen-bond donors (Lipinski definition) is 1. The number of ether oxygens (including phenoxy) is 1. The number of nitrogens with one attached hydrogen (secondary N) is 1. The number of carbonyl (C=O) groups excluding carboxylic acids is 1. The first kappa shape index (κ1) is 18.7. The Bertz CT molecular complexity index is 1170. The van der Waals surface area contributed by atoms with Crippen LogP contribution >= 0.6 is 0 Å². The minimum absolute atomic E-state index is 0.129. The molecule has 0 aliphatic rings. The van der Waals surface area contributed by atoms with E-state index in [0.29, 0.717) is 24.2 Å². The highest BCUT2D eigenvalue weighted by atomic mass is 16.5. The van der Waals surface area contributed by atoms with Gasteiger partial charge in [-0.25, -0.2) is 4.68 Å². The Morgan fingerprint density at radius 3 is 2.69 bits per heavy atom. The highest BCUT2D eigenvalue weighted by molar-refractivity contribution is 5.97. The molecule has 0 spiro atoms. The van der Waals surface area contributed by atoms with E-state index in [1.54, 1.807) is 19.2 Å². The number of aromatic nitrogens is 3. The molecule has 0 fully saturated rings. The highest BCUT2D eigenvalue weighted by Gasteiger charge is 2.11. The van der Waals surface area contributed by atoms with Crippen LogP contribution in [0, 0.1) is 6.92 Å². The largest absolute Gasteiger partial charge is 0.497 e. The Morgan fingerprint density at radius 2 is 1.86 bits per heavy atom. The van der Waals surface area contributed by atoms with E-state index in [2.05, 4.69) is 21.7 Å². The normalized spacial score (nSPS) is 10.8. The van der Waals surface area contributed by atoms with Crippen LogP contribution in [0.15, 0.2) is 66.7 Å². The second kappa shape index (κ2) is 8.14. The number of aryl methyl sites for hydroxylation is 1. The SMILES string of the molecule is COc1cccc(Cn2nnc3cc(C(=O)NCc4cccc(C)c4)ccc32)c1. The van der Waals surface area contributed by atoms with Crippen molar-refractivity contribution in [1.82, 2.24) is 20.3 Å². The molecule has 4 rings (SSSR count). The second-order valence-corrected chi connectivity index (χ2v) is 6.97. The van der Waals surface area contributed by atoms with Crippen molar-refractivity contribution in [3.05, 3.63) is 89.0 Å². The smallest absolute Gasteiger partial charge is 0.251 e. The Hall–Kier alpha value is -3.67. The zero-order valence-electron chi connectivity index (χ0n) is 16.4. The van der Waals surface area contributed by atoms with E-state index in [0.717, 1.165) is 22.4 Å². The molecule has 0 unspecified atom stereocenters. The molecule has 0 atom stereocenters. The summed E-state index contributed by atoms with van der Waals surface area (Å²) in [6.45, 7) is 3.10. The average Bonchev–Trinajstić information content (AvgIpc) is 3.14. The van der Waals surface area contributed by atoms with Crippen LogP contribution in [0.25, 0.3) is 11.0 Å². The van der Waals surface area contributed by atoms with Gasteiger partial charge in [-0.2, -0.15) is 0 Å². The molecule has 1 N–H and O–H groups in total. The Morgan fingerprint density at radius 1 is 1.03 bits per heavy atom. The van der Waals surface area contributed by atoms with E-state index in [-0.39, 0.29) is 5.91 Å². The number of methoxy groups -OCH3 is 1. The molecule has 3 aromatic carbocycles. The number of carbonyl (C=O) groups is 1. The highest BCUT2D eigenvalue weighted by Crippen LogP contribution is 2.18. The fourth-order valence-corrected chi connectivity index (χ4v) is 3.28. The maximum atomic E-state index is 12.5. The van der Waals surface area contributed by atoms with Gasteiger partial charge in [0.2, 0.25) is 0 Å². The lowest BCUT2D eigenvalue weighted by Gasteiger charge is -2.07. The summed E-state index contributed by atoms with van der Waals surface area (Å²) >= 11 is 0. The van der Waals surface area contributed by atoms with Crippen molar-refractivity contribution in [2.75, 3.05) is 7.11 Å². The predicted molar refractivity (Wildman–Crippen MR) is 112 cm³/mol. The van der Waals surface area contributed by atoms with Gasteiger partial charge in [0.25, 0.3) is 5.91 Å². The summed E-state index contributed by atoms with van der Waals surface area (Å²) < 4.78 is 7.09. The third-order valence-electron chi connectivity index (χ3n) is 4.78. The number of hydrogen-bond acceptors (Lipinski definition) is 4. The molecule has 1 aromatic heterocycles. The van der Waals surface area contributed by atoms with Crippen LogP contribution in [0.4, 0.5) is 0 Å². The van der Waals surface area contributed by atoms with Gasteiger partial charge in [0.05, 0.1) is 19.2 Å². The van der Waals surface area contributed by atoms with Crippen molar-refractivity contribution < 1.29 is 9.53 Å². The third-order valence-corrected chi connectivity index (χ3v) is 4.78. The van der Waals surface area contributed by atoms with E-state index >= 15 is 0 Å². The van der Waals surface area contributed by atoms with Gasteiger partial charge in [0.15, 0.2) is 0 Å². The molecule has 146 valence electrons. The van der Waals surface area contributed by atoms with E-state index in [1.165, 1.54) is 5.56 Å². The monoisotopic (exact) mass is 386 g/mol. The fourth-order valence-electron chi connectivity index (χ4n) is 3.28. The topological polar surface area (TPSA) is 69.0 Å². The van der Waals surface area contributed by atoms with Crippen molar-refractivity contribution in [2.45, 2.75) is 20.0 Å². The molecule has 29 heavy (non-hydrogen) atoms. The van der Waals surface area contributed by atoms with E-state index in [9.17, 15) is 4.79 Å². The molecule has 1 amide bonds. The van der Waals surface area contributed by atoms with Crippen molar-refractivity contribution in [2.24, 2.45) is 0 Å². The maximum Gasteiger partial charge on any atom is 0.251 e. The lowest BCUT2D eigenvalue weighted by atomic mass is 10.1. The molecular formula is C23H22N4O2. The molecule has 1 heterocycles. The number of benzene rings is 3. The first-order valence-corrected chi connectivity index (χ1v) is 9.42. The summed E-state index contributed by atoms with van der Waals surface area (Å²) in [5, 5.41) is 11.4. The standard InChI is InChI=1S/C23H22N4O2/c1-16-5-3-6-17(11-16)14-24-23(28)19-9-10-22-21(13-19)25-26-27(22)15-18-7-4-8-20(12-18)29-2/h3-13H,14-15H2,1-2H3,(H,24,28). The van der Waals surface area contributed by atoms with Gasteiger partial charge >= 0.3 is 0 Å². The van der Waals surface area contributed by atoms with Crippen molar-refractivity contribution >= 4 is 16.9 Å². The van der Waals surface area contributed by atoms with Crippen LogP contribution in [0.2, 0.25) is 0 Å². The molecular weight excluding hydrogens is 364 g/mol. The average molecular weight is 386 g/mol. The lowest BCUT2D eigenvalue weighted by Crippen LogP contribution is -2.22. The van der Waals surface area contributed by atoms with Crippen LogP contribution in [-0.2, 0) is 13.1 Å². The van der Waals surface area contributed by atoms with Gasteiger partial charge in [-0.15, -0.1) is 5.10 Å². The fraction of sp³-hybridized carbons (Fsp3) is 0.174. The second-order valence-electron chi connectivity index (χ2n) is 6.97. The molecule has 0 saturated heterocycles. The van der Waals surface area contributed by atoms with Crippen LogP contribution < -0.4 is 10.1 Å². The number of rotatable bonds is 6. The molecule has 4 aromatic rings. The van der Waals surface area contributed by atoms with Crippen LogP contribution in [-0.4, -0.2) is 28.0 Å². The molecule has 6 heteroatoms. The van der Waals surface area contributed by atoms with Gasteiger partial charge in [-0.3, -0.25) is 4.79 Å². The van der Waals surface area contributed by atoms with Crippen molar-refractivity contribution in [3.63, 3.8) is 0 Å². The van der Waals surface area contributed by atoms with Gasteiger partial charge in [-0.05, 0) is 48.4 Å². The Kier molecular flexibility index (Phi) is 5.24. The van der Waals surface area contributed by atoms with Gasteiger partial charge in [0.1, 0.15) is 11.3 Å². The van der Waals surface area contributed by atoms with Crippen LogP contribution in [0.1, 0.15) is 27.0 Å². The summed E-state index contributed by atoms with van der Waals surface area (Å²) in [4.78, 5) is 12.5. The minimum atomic E-state index is -0.129. The first-order valence-electron chi connectivity index (χ1n) is 9.42. The summed E-state index contributed by atoms with van der Waals surface area (Å²) in [5.41, 5.74) is 5.45. The summed E-state index contributed by atoms with van der Waals surface area (Å²) in [6.07, 6.45) is 0. The first-order chi connectivity index (χ1) is 14.1. The molecule has 0 aliphatic carbocycles. The zero-order valence-corrected chi connectivity index (χ0v) is 16.4. The quantitative estimate of drug-likeness (QED) is 0.548. The zero-order chi connectivity index (χ0) is 20.2. The Labute approximate surface area is 169 Å². The molecule has 0 aliphatic heterocycles. The van der Waals surface area contributed by atoms with Gasteiger partial charge < -0.3 is 10.1 Å². The van der Waals surface area contributed by atoms with Gasteiger partial charge in [-0.1, -0.05) is 47.2 Å².